The Hall–Kier alpha value is -4.49. The zero-order valence-corrected chi connectivity index (χ0v) is 27.0. The van der Waals surface area contributed by atoms with E-state index in [1.807, 2.05) is 49.4 Å². The zero-order valence-electron chi connectivity index (χ0n) is 27.0. The van der Waals surface area contributed by atoms with Crippen molar-refractivity contribution in [2.75, 3.05) is 36.5 Å². The molecular formula is C35H45N7O3. The maximum Gasteiger partial charge on any atom is 0.357 e. The van der Waals surface area contributed by atoms with Gasteiger partial charge in [0.25, 0.3) is 0 Å². The summed E-state index contributed by atoms with van der Waals surface area (Å²) in [6.45, 7) is 12.6. The van der Waals surface area contributed by atoms with Crippen LogP contribution in [0.1, 0.15) is 76.4 Å². The quantitative estimate of drug-likeness (QED) is 0.116. The lowest BCUT2D eigenvalue weighted by atomic mass is 9.98. The van der Waals surface area contributed by atoms with Gasteiger partial charge in [-0.15, -0.1) is 0 Å². The second kappa shape index (κ2) is 15.5. The number of rotatable bonds is 12. The molecular weight excluding hydrogens is 566 g/mol. The number of carbonyl (C=O) groups excluding carboxylic acids is 1. The Morgan fingerprint density at radius 2 is 1.89 bits per heavy atom. The Balaban J connectivity index is 1.75. The number of nitrogens with zero attached hydrogens (tertiary/aromatic N) is 4. The monoisotopic (exact) mass is 611 g/mol. The summed E-state index contributed by atoms with van der Waals surface area (Å²) in [5.41, 5.74) is 2.57. The lowest BCUT2D eigenvalue weighted by Crippen LogP contribution is -2.38. The van der Waals surface area contributed by atoms with E-state index < -0.39 is 5.97 Å². The fourth-order valence-electron chi connectivity index (χ4n) is 5.21. The molecule has 1 aliphatic rings. The van der Waals surface area contributed by atoms with Crippen LogP contribution < -0.4 is 15.5 Å². The number of anilines is 3. The van der Waals surface area contributed by atoms with E-state index in [0.29, 0.717) is 22.5 Å². The SMILES string of the molecule is CCOC(=O)c1cc(-c2ccc(N3CCC(C#N)CC3)nc2)c(C(=N)OC(CC)CCNC(C)(C)C)c(Nc2ccccc2)n1. The molecule has 4 rings (SSSR count). The van der Waals surface area contributed by atoms with E-state index in [4.69, 9.17) is 14.5 Å². The third kappa shape index (κ3) is 9.25. The molecule has 0 amide bonds. The lowest BCUT2D eigenvalue weighted by Gasteiger charge is -2.30. The van der Waals surface area contributed by atoms with Crippen molar-refractivity contribution in [3.63, 3.8) is 0 Å². The van der Waals surface area contributed by atoms with E-state index in [0.717, 1.165) is 56.8 Å². The number of benzene rings is 1. The highest BCUT2D eigenvalue weighted by Crippen LogP contribution is 2.33. The Morgan fingerprint density at radius 3 is 2.49 bits per heavy atom. The van der Waals surface area contributed by atoms with Crippen LogP contribution in [0.4, 0.5) is 17.3 Å². The molecule has 1 fully saturated rings. The first kappa shape index (κ1) is 33.4. The maximum absolute atomic E-state index is 13.0. The molecule has 0 spiro atoms. The molecule has 0 saturated carbocycles. The molecule has 0 radical (unpaired) electrons. The van der Waals surface area contributed by atoms with Crippen LogP contribution in [-0.4, -0.2) is 59.7 Å². The second-order valence-electron chi connectivity index (χ2n) is 12.2. The van der Waals surface area contributed by atoms with Gasteiger partial charge in [-0.1, -0.05) is 25.1 Å². The number of hydrogen-bond donors (Lipinski definition) is 3. The molecule has 3 aromatic rings. The summed E-state index contributed by atoms with van der Waals surface area (Å²) >= 11 is 0. The molecule has 3 heterocycles. The van der Waals surface area contributed by atoms with E-state index in [1.165, 1.54) is 0 Å². The number of aromatic nitrogens is 2. The summed E-state index contributed by atoms with van der Waals surface area (Å²) in [6, 6.07) is 17.4. The molecule has 0 aliphatic carbocycles. The van der Waals surface area contributed by atoms with Gasteiger partial charge in [0.15, 0.2) is 5.69 Å². The molecule has 1 atom stereocenters. The lowest BCUT2D eigenvalue weighted by molar-refractivity contribution is 0.0519. The van der Waals surface area contributed by atoms with Crippen LogP contribution in [0.5, 0.6) is 0 Å². The highest BCUT2D eigenvalue weighted by atomic mass is 16.5. The summed E-state index contributed by atoms with van der Waals surface area (Å²) in [5.74, 6) is 0.619. The smallest absolute Gasteiger partial charge is 0.357 e. The average molecular weight is 612 g/mol. The first-order valence-electron chi connectivity index (χ1n) is 15.8. The third-order valence-electron chi connectivity index (χ3n) is 7.69. The molecule has 1 saturated heterocycles. The van der Waals surface area contributed by atoms with E-state index in [9.17, 15) is 15.5 Å². The summed E-state index contributed by atoms with van der Waals surface area (Å²) in [6.07, 6.45) is 4.61. The fraction of sp³-hybridized carbons (Fsp3) is 0.457. The minimum absolute atomic E-state index is 0.0244. The second-order valence-corrected chi connectivity index (χ2v) is 12.2. The van der Waals surface area contributed by atoms with Crippen LogP contribution in [0.3, 0.4) is 0 Å². The molecule has 10 nitrogen and oxygen atoms in total. The van der Waals surface area contributed by atoms with Crippen molar-refractivity contribution in [1.82, 2.24) is 15.3 Å². The van der Waals surface area contributed by atoms with Gasteiger partial charge in [-0.3, -0.25) is 5.41 Å². The first-order valence-corrected chi connectivity index (χ1v) is 15.8. The highest BCUT2D eigenvalue weighted by molar-refractivity contribution is 6.05. The number of nitriles is 1. The summed E-state index contributed by atoms with van der Waals surface area (Å²) in [4.78, 5) is 24.6. The Morgan fingerprint density at radius 1 is 1.16 bits per heavy atom. The van der Waals surface area contributed by atoms with Gasteiger partial charge in [-0.25, -0.2) is 14.8 Å². The molecule has 238 valence electrons. The largest absolute Gasteiger partial charge is 0.474 e. The predicted octanol–water partition coefficient (Wildman–Crippen LogP) is 6.70. The van der Waals surface area contributed by atoms with Gasteiger partial charge in [0.2, 0.25) is 5.90 Å². The molecule has 1 unspecified atom stereocenters. The highest BCUT2D eigenvalue weighted by Gasteiger charge is 2.26. The molecule has 1 aliphatic heterocycles. The number of esters is 1. The average Bonchev–Trinajstić information content (AvgIpc) is 3.04. The van der Waals surface area contributed by atoms with Gasteiger partial charge in [0.05, 0.1) is 18.2 Å². The van der Waals surface area contributed by atoms with Crippen molar-refractivity contribution in [3.8, 4) is 17.2 Å². The molecule has 3 N–H and O–H groups in total. The number of carbonyl (C=O) groups is 1. The van der Waals surface area contributed by atoms with Crippen molar-refractivity contribution in [3.05, 3.63) is 66.0 Å². The van der Waals surface area contributed by atoms with Crippen LogP contribution in [-0.2, 0) is 9.47 Å². The minimum Gasteiger partial charge on any atom is -0.474 e. The van der Waals surface area contributed by atoms with Gasteiger partial charge >= 0.3 is 5.97 Å². The number of ether oxygens (including phenoxy) is 2. The van der Waals surface area contributed by atoms with Gasteiger partial charge in [0, 0.05) is 47.6 Å². The zero-order chi connectivity index (χ0) is 32.4. The fourth-order valence-corrected chi connectivity index (χ4v) is 5.21. The van der Waals surface area contributed by atoms with Crippen LogP contribution in [0.15, 0.2) is 54.7 Å². The van der Waals surface area contributed by atoms with Crippen LogP contribution in [0, 0.1) is 22.7 Å². The van der Waals surface area contributed by atoms with Gasteiger partial charge in [0.1, 0.15) is 17.7 Å². The van der Waals surface area contributed by atoms with Crippen LogP contribution in [0.2, 0.25) is 0 Å². The normalized spacial score (nSPS) is 14.4. The first-order chi connectivity index (χ1) is 21.6. The van der Waals surface area contributed by atoms with Crippen molar-refractivity contribution in [1.29, 1.82) is 10.7 Å². The van der Waals surface area contributed by atoms with E-state index in [2.05, 4.69) is 47.4 Å². The van der Waals surface area contributed by atoms with Crippen LogP contribution >= 0.6 is 0 Å². The third-order valence-corrected chi connectivity index (χ3v) is 7.69. The van der Waals surface area contributed by atoms with Crippen molar-refractivity contribution < 1.29 is 14.3 Å². The van der Waals surface area contributed by atoms with Gasteiger partial charge < -0.3 is 25.0 Å². The van der Waals surface area contributed by atoms with Crippen LogP contribution in [0.25, 0.3) is 11.1 Å². The van der Waals surface area contributed by atoms with E-state index in [-0.39, 0.29) is 35.8 Å². The molecule has 10 heteroatoms. The summed E-state index contributed by atoms with van der Waals surface area (Å²) < 4.78 is 11.6. The topological polar surface area (TPSA) is 136 Å². The standard InChI is InChI=1S/C35H45N7O3/c1-6-27(15-18-39-35(3,4)5)45-32(37)31-28(25-13-14-30(38-23-25)42-19-16-24(22-36)17-20-42)21-29(34(43)44-7-2)41-33(31)40-26-11-9-8-10-12-26/h8-14,21,23-24,27,37,39H,6-7,15-20H2,1-5H3,(H,40,41). The van der Waals surface area contributed by atoms with E-state index in [1.54, 1.807) is 19.2 Å². The molecule has 45 heavy (non-hydrogen) atoms. The van der Waals surface area contributed by atoms with Gasteiger partial charge in [-0.2, -0.15) is 5.26 Å². The Bertz CT molecular complexity index is 1470. The molecule has 2 aromatic heterocycles. The Labute approximate surface area is 266 Å². The van der Waals surface area contributed by atoms with Crippen molar-refractivity contribution in [2.24, 2.45) is 5.92 Å². The number of nitrogens with one attached hydrogen (secondary N) is 3. The summed E-state index contributed by atoms with van der Waals surface area (Å²) in [5, 5.41) is 25.3. The summed E-state index contributed by atoms with van der Waals surface area (Å²) in [7, 11) is 0. The van der Waals surface area contributed by atoms with E-state index >= 15 is 0 Å². The number of piperidine rings is 1. The maximum atomic E-state index is 13.0. The molecule has 1 aromatic carbocycles. The van der Waals surface area contributed by atoms with Crippen molar-refractivity contribution >= 4 is 29.2 Å². The minimum atomic E-state index is -0.557. The number of para-hydroxylation sites is 1. The predicted molar refractivity (Wildman–Crippen MR) is 178 cm³/mol. The van der Waals surface area contributed by atoms with Gasteiger partial charge in [-0.05, 0) is 90.3 Å². The van der Waals surface area contributed by atoms with Crippen molar-refractivity contribution in [2.45, 2.75) is 71.9 Å². The Kier molecular flexibility index (Phi) is 11.5. The number of hydrogen-bond acceptors (Lipinski definition) is 10. The molecule has 0 bridgehead atoms. The number of pyridine rings is 2.